The van der Waals surface area contributed by atoms with Crippen molar-refractivity contribution in [2.75, 3.05) is 13.1 Å². The molecule has 0 heterocycles. The Labute approximate surface area is 154 Å². The number of hydrogen-bond donors (Lipinski definition) is 0. The highest BCUT2D eigenvalue weighted by molar-refractivity contribution is 5.95. The van der Waals surface area contributed by atoms with Crippen LogP contribution in [0, 0.1) is 16.0 Å². The molecule has 0 radical (unpaired) electrons. The second-order valence-electron chi connectivity index (χ2n) is 6.79. The number of nitro benzene ring substituents is 1. The van der Waals surface area contributed by atoms with Crippen LogP contribution in [-0.4, -0.2) is 28.8 Å². The van der Waals surface area contributed by atoms with E-state index in [0.717, 1.165) is 11.1 Å². The highest BCUT2D eigenvalue weighted by Crippen LogP contribution is 2.17. The Hall–Kier alpha value is -2.95. The van der Waals surface area contributed by atoms with Crippen molar-refractivity contribution in [2.45, 2.75) is 20.8 Å². The molecule has 0 saturated heterocycles. The maximum Gasteiger partial charge on any atom is 0.270 e. The highest BCUT2D eigenvalue weighted by atomic mass is 16.6. The Balaban J connectivity index is 2.23. The minimum atomic E-state index is -0.482. The quantitative estimate of drug-likeness (QED) is 0.531. The fourth-order valence-corrected chi connectivity index (χ4v) is 2.78. The molecule has 0 aliphatic heterocycles. The molecule has 0 fully saturated rings. The third-order valence-electron chi connectivity index (χ3n) is 3.83. The number of non-ortho nitro benzene ring substituents is 1. The first-order valence-corrected chi connectivity index (χ1v) is 8.62. The number of rotatable bonds is 7. The molecule has 2 rings (SSSR count). The summed E-state index contributed by atoms with van der Waals surface area (Å²) in [5.41, 5.74) is 2.40. The van der Waals surface area contributed by atoms with Crippen LogP contribution in [0.4, 0.5) is 5.69 Å². The molecule has 1 amide bonds. The van der Waals surface area contributed by atoms with Gasteiger partial charge < -0.3 is 4.90 Å². The Morgan fingerprint density at radius 1 is 1.15 bits per heavy atom. The number of nitrogens with zero attached hydrogens (tertiary/aromatic N) is 2. The summed E-state index contributed by atoms with van der Waals surface area (Å²) < 4.78 is 0. The van der Waals surface area contributed by atoms with Gasteiger partial charge in [0.1, 0.15) is 0 Å². The minimum absolute atomic E-state index is 0.0723. The van der Waals surface area contributed by atoms with Crippen LogP contribution in [0.1, 0.15) is 36.7 Å². The smallest absolute Gasteiger partial charge is 0.270 e. The summed E-state index contributed by atoms with van der Waals surface area (Å²) in [5.74, 6) is 0.102. The van der Waals surface area contributed by atoms with Gasteiger partial charge in [-0.2, -0.15) is 0 Å². The summed E-state index contributed by atoms with van der Waals surface area (Å²) in [4.78, 5) is 25.2. The van der Waals surface area contributed by atoms with Crippen molar-refractivity contribution < 1.29 is 9.72 Å². The summed E-state index contributed by atoms with van der Waals surface area (Å²) in [6.45, 7) is 7.14. The van der Waals surface area contributed by atoms with E-state index in [9.17, 15) is 14.9 Å². The first-order chi connectivity index (χ1) is 12.4. The summed E-state index contributed by atoms with van der Waals surface area (Å²) in [5, 5.41) is 11.0. The van der Waals surface area contributed by atoms with Gasteiger partial charge in [-0.15, -0.1) is 0 Å². The average Bonchev–Trinajstić information content (AvgIpc) is 2.61. The van der Waals surface area contributed by atoms with Crippen LogP contribution in [-0.2, 0) is 0 Å². The molecular formula is C21H24N2O3. The normalized spacial score (nSPS) is 11.5. The van der Waals surface area contributed by atoms with Gasteiger partial charge in [0.2, 0.25) is 0 Å². The van der Waals surface area contributed by atoms with Crippen molar-refractivity contribution in [3.05, 3.63) is 81.4 Å². The van der Waals surface area contributed by atoms with Crippen LogP contribution in [0.3, 0.4) is 0 Å². The van der Waals surface area contributed by atoms with E-state index in [-0.39, 0.29) is 11.6 Å². The molecule has 0 N–H and O–H groups in total. The van der Waals surface area contributed by atoms with E-state index >= 15 is 0 Å². The molecule has 2 aromatic carbocycles. The maximum absolute atomic E-state index is 12.9. The largest absolute Gasteiger partial charge is 0.334 e. The zero-order chi connectivity index (χ0) is 19.1. The van der Waals surface area contributed by atoms with Crippen molar-refractivity contribution in [3.63, 3.8) is 0 Å². The number of benzene rings is 2. The van der Waals surface area contributed by atoms with Gasteiger partial charge in [0.15, 0.2) is 0 Å². The molecule has 2 aromatic rings. The molecule has 0 saturated carbocycles. The molecule has 0 spiro atoms. The Morgan fingerprint density at radius 2 is 1.85 bits per heavy atom. The van der Waals surface area contributed by atoms with Gasteiger partial charge in [0.25, 0.3) is 11.6 Å². The first kappa shape index (κ1) is 19.4. The van der Waals surface area contributed by atoms with Gasteiger partial charge in [-0.05, 0) is 24.5 Å². The van der Waals surface area contributed by atoms with Gasteiger partial charge in [-0.25, -0.2) is 0 Å². The number of amides is 1. The molecule has 0 aliphatic rings. The molecule has 5 heteroatoms. The fourth-order valence-electron chi connectivity index (χ4n) is 2.78. The maximum atomic E-state index is 12.9. The van der Waals surface area contributed by atoms with Gasteiger partial charge in [0, 0.05) is 30.8 Å². The number of carbonyl (C=O) groups excluding carboxylic acids is 1. The summed E-state index contributed by atoms with van der Waals surface area (Å²) in [7, 11) is 0. The van der Waals surface area contributed by atoms with Crippen LogP contribution in [0.5, 0.6) is 0 Å². The average molecular weight is 352 g/mol. The lowest BCUT2D eigenvalue weighted by atomic mass is 10.1. The number of carbonyl (C=O) groups is 1. The SMILES string of the molecule is C/C(=C\c1ccccc1)CN(CC(C)C)C(=O)c1cccc([N+](=O)[O-])c1. The van der Waals surface area contributed by atoms with Crippen LogP contribution in [0.2, 0.25) is 0 Å². The number of hydrogen-bond acceptors (Lipinski definition) is 3. The molecular weight excluding hydrogens is 328 g/mol. The van der Waals surface area contributed by atoms with Crippen molar-refractivity contribution in [1.82, 2.24) is 4.90 Å². The Morgan fingerprint density at radius 3 is 2.46 bits per heavy atom. The molecule has 136 valence electrons. The van der Waals surface area contributed by atoms with E-state index in [0.29, 0.717) is 24.6 Å². The fraction of sp³-hybridized carbons (Fsp3) is 0.286. The molecule has 0 aromatic heterocycles. The van der Waals surface area contributed by atoms with Crippen molar-refractivity contribution >= 4 is 17.7 Å². The molecule has 0 bridgehead atoms. The van der Waals surface area contributed by atoms with E-state index in [1.54, 1.807) is 17.0 Å². The summed E-state index contributed by atoms with van der Waals surface area (Å²) in [6, 6.07) is 15.8. The standard InChI is InChI=1S/C21H24N2O3/c1-16(2)14-22(15-17(3)12-18-8-5-4-6-9-18)21(24)19-10-7-11-20(13-19)23(25)26/h4-13,16H,14-15H2,1-3H3/b17-12+. The van der Waals surface area contributed by atoms with Gasteiger partial charge >= 0.3 is 0 Å². The minimum Gasteiger partial charge on any atom is -0.334 e. The van der Waals surface area contributed by atoms with Crippen LogP contribution in [0.25, 0.3) is 6.08 Å². The van der Waals surface area contributed by atoms with Crippen LogP contribution >= 0.6 is 0 Å². The second-order valence-corrected chi connectivity index (χ2v) is 6.79. The molecule has 0 aliphatic carbocycles. The van der Waals surface area contributed by atoms with E-state index in [1.807, 2.05) is 57.2 Å². The predicted molar refractivity (Wildman–Crippen MR) is 104 cm³/mol. The van der Waals surface area contributed by atoms with Gasteiger partial charge in [0.05, 0.1) is 4.92 Å². The highest BCUT2D eigenvalue weighted by Gasteiger charge is 2.19. The predicted octanol–water partition coefficient (Wildman–Crippen LogP) is 4.80. The molecule has 26 heavy (non-hydrogen) atoms. The van der Waals surface area contributed by atoms with Crippen molar-refractivity contribution in [2.24, 2.45) is 5.92 Å². The van der Waals surface area contributed by atoms with E-state index in [2.05, 4.69) is 0 Å². The Kier molecular flexibility index (Phi) is 6.67. The molecule has 0 unspecified atom stereocenters. The van der Waals surface area contributed by atoms with Gasteiger partial charge in [-0.1, -0.05) is 61.9 Å². The lowest BCUT2D eigenvalue weighted by molar-refractivity contribution is -0.384. The lowest BCUT2D eigenvalue weighted by Crippen LogP contribution is -2.35. The van der Waals surface area contributed by atoms with Crippen molar-refractivity contribution in [3.8, 4) is 0 Å². The number of nitro groups is 1. The third kappa shape index (κ3) is 5.55. The molecule has 0 atom stereocenters. The zero-order valence-corrected chi connectivity index (χ0v) is 15.4. The second kappa shape index (κ2) is 8.94. The first-order valence-electron chi connectivity index (χ1n) is 8.62. The van der Waals surface area contributed by atoms with Gasteiger partial charge in [-0.3, -0.25) is 14.9 Å². The van der Waals surface area contributed by atoms with Crippen LogP contribution < -0.4 is 0 Å². The lowest BCUT2D eigenvalue weighted by Gasteiger charge is -2.25. The van der Waals surface area contributed by atoms with E-state index in [1.165, 1.54) is 12.1 Å². The third-order valence-corrected chi connectivity index (χ3v) is 3.83. The molecule has 5 nitrogen and oxygen atoms in total. The van der Waals surface area contributed by atoms with E-state index < -0.39 is 4.92 Å². The van der Waals surface area contributed by atoms with Crippen LogP contribution in [0.15, 0.2) is 60.2 Å². The monoisotopic (exact) mass is 352 g/mol. The Bertz CT molecular complexity index is 798. The topological polar surface area (TPSA) is 63.5 Å². The zero-order valence-electron chi connectivity index (χ0n) is 15.4. The van der Waals surface area contributed by atoms with Crippen molar-refractivity contribution in [1.29, 1.82) is 0 Å². The summed E-state index contributed by atoms with van der Waals surface area (Å²) in [6.07, 6.45) is 2.05. The van der Waals surface area contributed by atoms with E-state index in [4.69, 9.17) is 0 Å². The summed E-state index contributed by atoms with van der Waals surface area (Å²) >= 11 is 0.